The fourth-order valence-corrected chi connectivity index (χ4v) is 3.14. The van der Waals surface area contributed by atoms with Crippen LogP contribution in [0.25, 0.3) is 11.0 Å². The third-order valence-corrected chi connectivity index (χ3v) is 4.66. The quantitative estimate of drug-likeness (QED) is 0.674. The molecule has 0 bridgehead atoms. The second kappa shape index (κ2) is 7.68. The molecule has 0 atom stereocenters. The van der Waals surface area contributed by atoms with Crippen LogP contribution in [0, 0.1) is 6.92 Å². The number of aromatic nitrogens is 3. The van der Waals surface area contributed by atoms with Crippen molar-refractivity contribution < 1.29 is 4.79 Å². The van der Waals surface area contributed by atoms with Gasteiger partial charge in [-0.05, 0) is 45.7 Å². The van der Waals surface area contributed by atoms with Gasteiger partial charge in [0.25, 0.3) is 5.91 Å². The lowest BCUT2D eigenvalue weighted by molar-refractivity contribution is 0.0765. The molecule has 0 radical (unpaired) electrons. The normalized spacial score (nSPS) is 11.3. The van der Waals surface area contributed by atoms with E-state index in [0.717, 1.165) is 23.1 Å². The molecule has 0 aliphatic carbocycles. The number of carbonyl (C=O) groups is 1. The van der Waals surface area contributed by atoms with Crippen LogP contribution in [0.15, 0.2) is 42.6 Å². The number of aryl methyl sites for hydroxylation is 1. The maximum absolute atomic E-state index is 13.1. The van der Waals surface area contributed by atoms with Crippen molar-refractivity contribution in [2.24, 2.45) is 0 Å². The molecule has 1 aromatic carbocycles. The van der Waals surface area contributed by atoms with Gasteiger partial charge >= 0.3 is 0 Å². The van der Waals surface area contributed by atoms with Gasteiger partial charge in [-0.25, -0.2) is 9.67 Å². The molecule has 2 aromatic heterocycles. The summed E-state index contributed by atoms with van der Waals surface area (Å²) >= 11 is 0. The first kappa shape index (κ1) is 18.1. The van der Waals surface area contributed by atoms with Crippen molar-refractivity contribution in [3.63, 3.8) is 0 Å². The van der Waals surface area contributed by atoms with Gasteiger partial charge < -0.3 is 4.90 Å². The van der Waals surface area contributed by atoms with Gasteiger partial charge in [0.1, 0.15) is 0 Å². The van der Waals surface area contributed by atoms with Crippen molar-refractivity contribution in [2.75, 3.05) is 13.1 Å². The molecule has 1 amide bonds. The van der Waals surface area contributed by atoms with Crippen LogP contribution < -0.4 is 0 Å². The number of nitrogens with zero attached hydrogens (tertiary/aromatic N) is 4. The Hall–Kier alpha value is -2.69. The topological polar surface area (TPSA) is 51.0 Å². The van der Waals surface area contributed by atoms with Crippen molar-refractivity contribution in [1.82, 2.24) is 19.7 Å². The Labute approximate surface area is 154 Å². The molecule has 5 nitrogen and oxygen atoms in total. The first-order chi connectivity index (χ1) is 12.5. The molecule has 0 spiro atoms. The van der Waals surface area contributed by atoms with Gasteiger partial charge in [0, 0.05) is 24.5 Å². The predicted octanol–water partition coefficient (Wildman–Crippen LogP) is 4.03. The largest absolute Gasteiger partial charge is 0.339 e. The van der Waals surface area contributed by atoms with E-state index in [4.69, 9.17) is 0 Å². The van der Waals surface area contributed by atoms with Crippen LogP contribution in [-0.4, -0.2) is 38.7 Å². The van der Waals surface area contributed by atoms with Crippen LogP contribution in [0.5, 0.6) is 0 Å². The molecule has 136 valence electrons. The van der Waals surface area contributed by atoms with Gasteiger partial charge in [0.05, 0.1) is 17.5 Å². The summed E-state index contributed by atoms with van der Waals surface area (Å²) < 4.78 is 1.89. The Balaban J connectivity index is 1.84. The third kappa shape index (κ3) is 3.62. The van der Waals surface area contributed by atoms with Crippen LogP contribution in [0.3, 0.4) is 0 Å². The Bertz CT molecular complexity index is 899. The minimum Gasteiger partial charge on any atom is -0.339 e. The van der Waals surface area contributed by atoms with E-state index in [1.165, 1.54) is 5.56 Å². The smallest absolute Gasteiger partial charge is 0.255 e. The molecule has 0 saturated heterocycles. The van der Waals surface area contributed by atoms with E-state index in [2.05, 4.69) is 36.1 Å². The SMILES string of the molecule is CCN(CCc1ccccc1)C(=O)c1cc2cnn(C(C)C)c2nc1C. The zero-order valence-corrected chi connectivity index (χ0v) is 15.9. The highest BCUT2D eigenvalue weighted by Crippen LogP contribution is 2.20. The third-order valence-electron chi connectivity index (χ3n) is 4.66. The van der Waals surface area contributed by atoms with E-state index in [9.17, 15) is 4.79 Å². The summed E-state index contributed by atoms with van der Waals surface area (Å²) in [6.07, 6.45) is 2.64. The summed E-state index contributed by atoms with van der Waals surface area (Å²) in [6.45, 7) is 9.43. The summed E-state index contributed by atoms with van der Waals surface area (Å²) in [5.41, 5.74) is 3.49. The highest BCUT2D eigenvalue weighted by molar-refractivity contribution is 5.98. The average molecular weight is 350 g/mol. The maximum atomic E-state index is 13.1. The molecule has 0 unspecified atom stereocenters. The minimum absolute atomic E-state index is 0.0348. The number of rotatable bonds is 6. The molecule has 0 N–H and O–H groups in total. The number of carbonyl (C=O) groups excluding carboxylic acids is 1. The fraction of sp³-hybridized carbons (Fsp3) is 0.381. The molecule has 2 heterocycles. The van der Waals surface area contributed by atoms with Crippen molar-refractivity contribution in [2.45, 2.75) is 40.2 Å². The van der Waals surface area contributed by atoms with E-state index in [1.54, 1.807) is 6.20 Å². The molecule has 0 saturated carbocycles. The van der Waals surface area contributed by atoms with Crippen molar-refractivity contribution in [1.29, 1.82) is 0 Å². The van der Waals surface area contributed by atoms with Gasteiger partial charge in [0.2, 0.25) is 0 Å². The summed E-state index contributed by atoms with van der Waals surface area (Å²) in [6, 6.07) is 12.4. The van der Waals surface area contributed by atoms with Crippen LogP contribution in [0.1, 0.15) is 48.4 Å². The van der Waals surface area contributed by atoms with Crippen LogP contribution in [0.4, 0.5) is 0 Å². The standard InChI is InChI=1S/C21H26N4O/c1-5-24(12-11-17-9-7-6-8-10-17)21(26)19-13-18-14-22-25(15(2)3)20(18)23-16(19)4/h6-10,13-15H,5,11-12H2,1-4H3. The second-order valence-corrected chi connectivity index (χ2v) is 6.84. The molecule has 3 aromatic rings. The van der Waals surface area contributed by atoms with Crippen molar-refractivity contribution >= 4 is 16.9 Å². The second-order valence-electron chi connectivity index (χ2n) is 6.84. The number of likely N-dealkylation sites (N-methyl/N-ethyl adjacent to an activating group) is 1. The van der Waals surface area contributed by atoms with E-state index >= 15 is 0 Å². The molecule has 0 aliphatic heterocycles. The first-order valence-electron chi connectivity index (χ1n) is 9.19. The number of hydrogen-bond donors (Lipinski definition) is 0. The van der Waals surface area contributed by atoms with Crippen LogP contribution in [0.2, 0.25) is 0 Å². The monoisotopic (exact) mass is 350 g/mol. The van der Waals surface area contributed by atoms with E-state index < -0.39 is 0 Å². The average Bonchev–Trinajstić information content (AvgIpc) is 3.05. The summed E-state index contributed by atoms with van der Waals surface area (Å²) in [7, 11) is 0. The summed E-state index contributed by atoms with van der Waals surface area (Å²) in [5, 5.41) is 5.32. The molecule has 0 aliphatic rings. The van der Waals surface area contributed by atoms with Crippen molar-refractivity contribution in [3.8, 4) is 0 Å². The number of amides is 1. The molecule has 5 heteroatoms. The Kier molecular flexibility index (Phi) is 5.35. The van der Waals surface area contributed by atoms with E-state index in [1.807, 2.05) is 47.7 Å². The van der Waals surface area contributed by atoms with Gasteiger partial charge in [-0.2, -0.15) is 5.10 Å². The lowest BCUT2D eigenvalue weighted by atomic mass is 10.1. The molecule has 3 rings (SSSR count). The molecular weight excluding hydrogens is 324 g/mol. The van der Waals surface area contributed by atoms with Crippen LogP contribution in [-0.2, 0) is 6.42 Å². The molecule has 26 heavy (non-hydrogen) atoms. The lowest BCUT2D eigenvalue weighted by Gasteiger charge is -2.22. The Morgan fingerprint density at radius 2 is 1.96 bits per heavy atom. The molecular formula is C21H26N4O. The lowest BCUT2D eigenvalue weighted by Crippen LogP contribution is -2.33. The number of pyridine rings is 1. The highest BCUT2D eigenvalue weighted by atomic mass is 16.2. The first-order valence-corrected chi connectivity index (χ1v) is 9.19. The predicted molar refractivity (Wildman–Crippen MR) is 104 cm³/mol. The van der Waals surface area contributed by atoms with Gasteiger partial charge in [-0.1, -0.05) is 30.3 Å². The number of fused-ring (bicyclic) bond motifs is 1. The fourth-order valence-electron chi connectivity index (χ4n) is 3.14. The summed E-state index contributed by atoms with van der Waals surface area (Å²) in [4.78, 5) is 19.6. The van der Waals surface area contributed by atoms with E-state index in [0.29, 0.717) is 18.7 Å². The Morgan fingerprint density at radius 1 is 1.23 bits per heavy atom. The van der Waals surface area contributed by atoms with Crippen molar-refractivity contribution in [3.05, 3.63) is 59.4 Å². The maximum Gasteiger partial charge on any atom is 0.255 e. The highest BCUT2D eigenvalue weighted by Gasteiger charge is 2.19. The molecule has 0 fully saturated rings. The zero-order chi connectivity index (χ0) is 18.7. The minimum atomic E-state index is 0.0348. The Morgan fingerprint density at radius 3 is 2.62 bits per heavy atom. The van der Waals surface area contributed by atoms with Crippen LogP contribution >= 0.6 is 0 Å². The number of benzene rings is 1. The van der Waals surface area contributed by atoms with Gasteiger partial charge in [-0.3, -0.25) is 4.79 Å². The van der Waals surface area contributed by atoms with Gasteiger partial charge in [0.15, 0.2) is 5.65 Å². The zero-order valence-electron chi connectivity index (χ0n) is 15.9. The van der Waals surface area contributed by atoms with E-state index in [-0.39, 0.29) is 11.9 Å². The van der Waals surface area contributed by atoms with Gasteiger partial charge in [-0.15, -0.1) is 0 Å². The summed E-state index contributed by atoms with van der Waals surface area (Å²) in [5.74, 6) is 0.0348. The number of hydrogen-bond acceptors (Lipinski definition) is 3.